The van der Waals surface area contributed by atoms with E-state index in [4.69, 9.17) is 9.84 Å². The maximum Gasteiger partial charge on any atom is 0.407 e. The van der Waals surface area contributed by atoms with Gasteiger partial charge in [0.1, 0.15) is 6.61 Å². The summed E-state index contributed by atoms with van der Waals surface area (Å²) in [6.07, 6.45) is 2.52. The van der Waals surface area contributed by atoms with Crippen LogP contribution in [0, 0.1) is 0 Å². The van der Waals surface area contributed by atoms with Gasteiger partial charge >= 0.3 is 12.1 Å². The molecule has 1 fully saturated rings. The van der Waals surface area contributed by atoms with Gasteiger partial charge in [-0.3, -0.25) is 9.59 Å². The molecule has 0 spiro atoms. The Balaban J connectivity index is 1.29. The molecule has 0 bridgehead atoms. The summed E-state index contributed by atoms with van der Waals surface area (Å²) in [5, 5.41) is 12.0. The number of ether oxygens (including phenoxy) is 1. The lowest BCUT2D eigenvalue weighted by Crippen LogP contribution is -2.39. The molecule has 1 heterocycles. The molecule has 1 aliphatic heterocycles. The molecule has 1 saturated heterocycles. The minimum Gasteiger partial charge on any atom is -0.481 e. The number of hydrogen-bond acceptors (Lipinski definition) is 4. The number of carboxylic acids is 1. The maximum atomic E-state index is 12.7. The molecule has 7 nitrogen and oxygen atoms in total. The fraction of sp³-hybridized carbons (Fsp3) is 0.444. The van der Waals surface area contributed by atoms with Crippen LogP contribution in [0.5, 0.6) is 0 Å². The van der Waals surface area contributed by atoms with Crippen molar-refractivity contribution >= 4 is 18.0 Å². The third-order valence-electron chi connectivity index (χ3n) is 6.97. The van der Waals surface area contributed by atoms with Crippen LogP contribution in [0.25, 0.3) is 11.1 Å². The van der Waals surface area contributed by atoms with Crippen molar-refractivity contribution in [3.63, 3.8) is 0 Å². The molecular formula is C27H32N2O5. The number of nitrogens with zero attached hydrogens (tertiary/aromatic N) is 1. The molecule has 4 rings (SSSR count). The first-order valence-corrected chi connectivity index (χ1v) is 12.1. The van der Waals surface area contributed by atoms with Crippen LogP contribution >= 0.6 is 0 Å². The van der Waals surface area contributed by atoms with Crippen molar-refractivity contribution in [2.75, 3.05) is 13.2 Å². The van der Waals surface area contributed by atoms with Gasteiger partial charge in [-0.2, -0.15) is 0 Å². The van der Waals surface area contributed by atoms with E-state index in [2.05, 4.69) is 29.6 Å². The Labute approximate surface area is 200 Å². The number of benzene rings is 2. The van der Waals surface area contributed by atoms with Crippen molar-refractivity contribution in [1.29, 1.82) is 0 Å². The Bertz CT molecular complexity index is 1010. The molecule has 2 amide bonds. The number of rotatable bonds is 9. The second kappa shape index (κ2) is 10.7. The Hall–Kier alpha value is -3.35. The minimum absolute atomic E-state index is 0.00106. The molecule has 0 aromatic heterocycles. The summed E-state index contributed by atoms with van der Waals surface area (Å²) < 4.78 is 5.63. The number of carbonyl (C=O) groups is 3. The number of carbonyl (C=O) groups excluding carboxylic acids is 2. The lowest BCUT2D eigenvalue weighted by molar-refractivity contribution is -0.140. The summed E-state index contributed by atoms with van der Waals surface area (Å²) in [5.74, 6) is -0.925. The SMILES string of the molecule is CCC(CCC(=O)N1CCC[C@H]1CC(=O)O)NC(=O)OCC1c2ccccc2-c2ccccc21. The first kappa shape index (κ1) is 23.8. The van der Waals surface area contributed by atoms with E-state index in [1.165, 1.54) is 11.1 Å². The number of amides is 2. The number of alkyl carbamates (subject to hydrolysis) is 1. The lowest BCUT2D eigenvalue weighted by atomic mass is 9.98. The van der Waals surface area contributed by atoms with Crippen LogP contribution in [0.3, 0.4) is 0 Å². The van der Waals surface area contributed by atoms with Crippen molar-refractivity contribution in [1.82, 2.24) is 10.2 Å². The zero-order valence-electron chi connectivity index (χ0n) is 19.5. The average Bonchev–Trinajstić information content (AvgIpc) is 3.42. The first-order valence-electron chi connectivity index (χ1n) is 12.1. The molecule has 1 aliphatic carbocycles. The zero-order valence-corrected chi connectivity index (χ0v) is 19.5. The van der Waals surface area contributed by atoms with Gasteiger partial charge in [0.25, 0.3) is 0 Å². The lowest BCUT2D eigenvalue weighted by Gasteiger charge is -2.25. The quantitative estimate of drug-likeness (QED) is 0.568. The van der Waals surface area contributed by atoms with Crippen molar-refractivity contribution in [2.24, 2.45) is 0 Å². The molecule has 34 heavy (non-hydrogen) atoms. The normalized spacial score (nSPS) is 17.7. The molecule has 2 atom stereocenters. The summed E-state index contributed by atoms with van der Waals surface area (Å²) >= 11 is 0. The van der Waals surface area contributed by atoms with Crippen LogP contribution in [-0.2, 0) is 14.3 Å². The summed E-state index contributed by atoms with van der Waals surface area (Å²) in [6.45, 7) is 2.81. The van der Waals surface area contributed by atoms with Crippen LogP contribution < -0.4 is 5.32 Å². The van der Waals surface area contributed by atoms with Crippen LogP contribution in [0.2, 0.25) is 0 Å². The second-order valence-corrected chi connectivity index (χ2v) is 9.09. The number of likely N-dealkylation sites (tertiary alicyclic amines) is 1. The predicted octanol–water partition coefficient (Wildman–Crippen LogP) is 4.55. The molecular weight excluding hydrogens is 432 g/mol. The number of aliphatic carboxylic acids is 1. The van der Waals surface area contributed by atoms with Crippen LogP contribution in [-0.4, -0.2) is 53.2 Å². The Morgan fingerprint density at radius 2 is 1.74 bits per heavy atom. The zero-order chi connectivity index (χ0) is 24.1. The maximum absolute atomic E-state index is 12.7. The molecule has 2 aliphatic rings. The Kier molecular flexibility index (Phi) is 7.50. The third-order valence-corrected chi connectivity index (χ3v) is 6.97. The largest absolute Gasteiger partial charge is 0.481 e. The average molecular weight is 465 g/mol. The van der Waals surface area contributed by atoms with Gasteiger partial charge in [0.05, 0.1) is 6.42 Å². The van der Waals surface area contributed by atoms with Crippen LogP contribution in [0.15, 0.2) is 48.5 Å². The van der Waals surface area contributed by atoms with Crippen molar-refractivity contribution in [3.05, 3.63) is 59.7 Å². The number of carboxylic acid groups (broad SMARTS) is 1. The van der Waals surface area contributed by atoms with Crippen molar-refractivity contribution in [3.8, 4) is 11.1 Å². The monoisotopic (exact) mass is 464 g/mol. The van der Waals surface area contributed by atoms with Gasteiger partial charge in [0, 0.05) is 31.0 Å². The van der Waals surface area contributed by atoms with E-state index in [1.54, 1.807) is 4.90 Å². The smallest absolute Gasteiger partial charge is 0.407 e. The fourth-order valence-electron chi connectivity index (χ4n) is 5.20. The van der Waals surface area contributed by atoms with Gasteiger partial charge in [-0.1, -0.05) is 55.5 Å². The number of nitrogens with one attached hydrogen (secondary N) is 1. The molecule has 180 valence electrons. The fourth-order valence-corrected chi connectivity index (χ4v) is 5.20. The highest BCUT2D eigenvalue weighted by atomic mass is 16.5. The topological polar surface area (TPSA) is 95.9 Å². The highest BCUT2D eigenvalue weighted by Crippen LogP contribution is 2.44. The molecule has 2 aromatic rings. The summed E-state index contributed by atoms with van der Waals surface area (Å²) in [7, 11) is 0. The van der Waals surface area contributed by atoms with Crippen molar-refractivity contribution < 1.29 is 24.2 Å². The molecule has 2 aromatic carbocycles. The van der Waals surface area contributed by atoms with E-state index in [1.807, 2.05) is 31.2 Å². The molecule has 0 saturated carbocycles. The molecule has 0 radical (unpaired) electrons. The minimum atomic E-state index is -0.881. The van der Waals surface area contributed by atoms with Gasteiger partial charge in [0.15, 0.2) is 0 Å². The van der Waals surface area contributed by atoms with Crippen molar-refractivity contribution in [2.45, 2.75) is 63.5 Å². The van der Waals surface area contributed by atoms with Gasteiger partial charge in [-0.05, 0) is 47.9 Å². The standard InChI is InChI=1S/C27H32N2O5/c1-2-18(13-14-25(30)29-15-7-8-19(29)16-26(31)32)28-27(33)34-17-24-22-11-5-3-9-20(22)21-10-4-6-12-23(21)24/h3-6,9-12,18-19,24H,2,7-8,13-17H2,1H3,(H,28,33)(H,31,32)/t18?,19-/m0/s1. The second-order valence-electron chi connectivity index (χ2n) is 9.09. The summed E-state index contributed by atoms with van der Waals surface area (Å²) in [5.41, 5.74) is 4.69. The van der Waals surface area contributed by atoms with Gasteiger partial charge in [0.2, 0.25) is 5.91 Å². The number of hydrogen-bond donors (Lipinski definition) is 2. The van der Waals surface area contributed by atoms with E-state index >= 15 is 0 Å². The van der Waals surface area contributed by atoms with E-state index in [-0.39, 0.29) is 43.4 Å². The van der Waals surface area contributed by atoms with Gasteiger partial charge < -0.3 is 20.1 Å². The molecule has 1 unspecified atom stereocenters. The van der Waals surface area contributed by atoms with Gasteiger partial charge in [-0.25, -0.2) is 4.79 Å². The van der Waals surface area contributed by atoms with E-state index < -0.39 is 12.1 Å². The van der Waals surface area contributed by atoms with Crippen LogP contribution in [0.1, 0.15) is 62.5 Å². The van der Waals surface area contributed by atoms with Crippen LogP contribution in [0.4, 0.5) is 4.79 Å². The van der Waals surface area contributed by atoms with Gasteiger partial charge in [-0.15, -0.1) is 0 Å². The Morgan fingerprint density at radius 1 is 1.09 bits per heavy atom. The Morgan fingerprint density at radius 3 is 2.35 bits per heavy atom. The number of fused-ring (bicyclic) bond motifs is 3. The van der Waals surface area contributed by atoms with E-state index in [0.29, 0.717) is 19.4 Å². The highest BCUT2D eigenvalue weighted by Gasteiger charge is 2.31. The molecule has 7 heteroatoms. The first-order chi connectivity index (χ1) is 16.5. The summed E-state index contributed by atoms with van der Waals surface area (Å²) in [6, 6.07) is 16.0. The highest BCUT2D eigenvalue weighted by molar-refractivity contribution is 5.79. The molecule has 2 N–H and O–H groups in total. The predicted molar refractivity (Wildman–Crippen MR) is 129 cm³/mol. The van der Waals surface area contributed by atoms with E-state index in [0.717, 1.165) is 24.0 Å². The third kappa shape index (κ3) is 5.24. The summed E-state index contributed by atoms with van der Waals surface area (Å²) in [4.78, 5) is 38.0. The van der Waals surface area contributed by atoms with E-state index in [9.17, 15) is 14.4 Å².